The highest BCUT2D eigenvalue weighted by atomic mass is 16.3. The molecule has 0 unspecified atom stereocenters. The number of phenols is 1. The summed E-state index contributed by atoms with van der Waals surface area (Å²) in [6, 6.07) is 8.97. The van der Waals surface area contributed by atoms with E-state index in [1.807, 2.05) is 44.4 Å². The van der Waals surface area contributed by atoms with Gasteiger partial charge < -0.3 is 68.7 Å². The molecule has 0 saturated carbocycles. The smallest absolute Gasteiger partial charge is 0.243 e. The van der Waals surface area contributed by atoms with Gasteiger partial charge in [0, 0.05) is 51.5 Å². The number of rotatable bonds is 25. The number of aliphatic hydroxyl groups excluding tert-OH is 1. The van der Waals surface area contributed by atoms with Crippen LogP contribution in [0.2, 0.25) is 0 Å². The maximum atomic E-state index is 13.9. The maximum absolute atomic E-state index is 13.9. The molecule has 0 radical (unpaired) electrons. The molecule has 0 aromatic heterocycles. The zero-order valence-corrected chi connectivity index (χ0v) is 37.4. The Kier molecular flexibility index (Phi) is 23.4. The second-order valence-corrected chi connectivity index (χ2v) is 15.9. The molecule has 0 saturated heterocycles. The number of nitrogens with one attached hydrogen (secondary N) is 11. The van der Waals surface area contributed by atoms with Crippen molar-refractivity contribution in [3.05, 3.63) is 53.6 Å². The monoisotopic (exact) mass is 868 g/mol. The topological polar surface area (TPSA) is 258 Å². The van der Waals surface area contributed by atoms with E-state index in [1.54, 1.807) is 40.3 Å². The number of aromatic hydroxyl groups is 1. The number of fused-ring (bicyclic) bond motifs is 5. The van der Waals surface area contributed by atoms with Gasteiger partial charge in [-0.25, -0.2) is 0 Å². The molecule has 1 heterocycles. The Bertz CT molecular complexity index is 1720. The molecule has 13 N–H and O–H groups in total. The summed E-state index contributed by atoms with van der Waals surface area (Å²) in [7, 11) is 10.5. The Hall–Kier alpha value is -4.69. The minimum absolute atomic E-state index is 0.0285. The van der Waals surface area contributed by atoms with Gasteiger partial charge in [0.25, 0.3) is 0 Å². The van der Waals surface area contributed by atoms with Crippen molar-refractivity contribution in [1.29, 1.82) is 0 Å². The fraction of sp³-hybridized carbons (Fsp3) is 0.614. The number of benzene rings is 2. The Labute approximate surface area is 367 Å². The minimum Gasteiger partial charge on any atom is -0.508 e. The molecule has 18 nitrogen and oxygen atoms in total. The van der Waals surface area contributed by atoms with Crippen LogP contribution in [0.15, 0.2) is 42.5 Å². The first kappa shape index (κ1) is 51.7. The third kappa shape index (κ3) is 17.2. The number of carbonyl (C=O) groups excluding carboxylic acids is 5. The quantitative estimate of drug-likeness (QED) is 0.0501. The largest absolute Gasteiger partial charge is 0.508 e. The number of likely N-dealkylation sites (N-methyl/N-ethyl adjacent to an activating group) is 5. The van der Waals surface area contributed by atoms with Crippen LogP contribution < -0.4 is 58.5 Å². The van der Waals surface area contributed by atoms with Gasteiger partial charge in [0.1, 0.15) is 17.8 Å². The van der Waals surface area contributed by atoms with Gasteiger partial charge in [-0.1, -0.05) is 30.3 Å². The molecule has 5 amide bonds. The summed E-state index contributed by atoms with van der Waals surface area (Å²) >= 11 is 0. The van der Waals surface area contributed by atoms with Crippen LogP contribution in [-0.2, 0) is 36.8 Å². The van der Waals surface area contributed by atoms with Crippen molar-refractivity contribution in [3.8, 4) is 16.9 Å². The lowest BCUT2D eigenvalue weighted by Gasteiger charge is -2.26. The number of hydrogen-bond donors (Lipinski definition) is 13. The molecular formula is C44H73N11O7. The van der Waals surface area contributed by atoms with E-state index in [0.717, 1.165) is 36.1 Å². The number of phenolic OH excluding ortho intramolecular Hbond substituents is 1. The normalized spacial score (nSPS) is 18.8. The van der Waals surface area contributed by atoms with Crippen LogP contribution in [0, 0.1) is 0 Å². The summed E-state index contributed by atoms with van der Waals surface area (Å²) in [6.45, 7) is 2.23. The lowest BCUT2D eigenvalue weighted by molar-refractivity contribution is -0.133. The molecule has 0 aliphatic carbocycles. The molecule has 1 aliphatic rings. The molecule has 18 heteroatoms. The third-order valence-electron chi connectivity index (χ3n) is 11.3. The van der Waals surface area contributed by atoms with Gasteiger partial charge >= 0.3 is 0 Å². The molecule has 0 fully saturated rings. The highest BCUT2D eigenvalue weighted by Crippen LogP contribution is 2.28. The van der Waals surface area contributed by atoms with Gasteiger partial charge in [-0.3, -0.25) is 24.0 Å². The predicted molar refractivity (Wildman–Crippen MR) is 241 cm³/mol. The van der Waals surface area contributed by atoms with E-state index in [1.165, 1.54) is 0 Å². The van der Waals surface area contributed by atoms with Crippen LogP contribution in [0.25, 0.3) is 11.1 Å². The van der Waals surface area contributed by atoms with E-state index >= 15 is 0 Å². The number of hydrogen-bond acceptors (Lipinski definition) is 13. The standard InChI is InChI=1S/C44H73N11O7/c1-45-18-8-13-32(47-3)26-53-41(59)35(49-5)15-10-19-51-40(58)34(48-4)14-9-20-52-42(60)37-22-28-11-7-12-29(21-28)30-16-17-39(57)31(23-30)24-36(50-6)43(61)55-38(44(62)54-37)25-33(56)27-46-2/h7,11-12,16-17,21,23,32-38,45-50,56-57H,8-10,13-15,18-20,22,24-27H2,1-6H3,(H,51,58)(H,52,60)(H,53,59)(H,54,62)(H,55,61)/t32-,33+,34-,35-,36-,37-,38-/m0/s1. The highest BCUT2D eigenvalue weighted by Gasteiger charge is 2.31. The van der Waals surface area contributed by atoms with E-state index in [-0.39, 0.29) is 62.0 Å². The molecule has 4 bridgehead atoms. The van der Waals surface area contributed by atoms with E-state index in [9.17, 15) is 34.2 Å². The number of aliphatic hydroxyl groups is 1. The van der Waals surface area contributed by atoms with Gasteiger partial charge in [-0.15, -0.1) is 0 Å². The first-order valence-electron chi connectivity index (χ1n) is 21.9. The van der Waals surface area contributed by atoms with Crippen LogP contribution in [-0.4, -0.2) is 157 Å². The summed E-state index contributed by atoms with van der Waals surface area (Å²) in [6.07, 6.45) is 3.11. The highest BCUT2D eigenvalue weighted by molar-refractivity contribution is 5.93. The second kappa shape index (κ2) is 28.1. The summed E-state index contributed by atoms with van der Waals surface area (Å²) < 4.78 is 0. The SMILES string of the molecule is CNCCC[C@@H](CNC(=O)[C@H](CCCNC(=O)[C@H](CCCNC(=O)[C@@H]1Cc2cccc(c2)-c2ccc(O)c(c2)C[C@H](NC)C(=O)N[C@@H](C[C@@H](O)CNC)C(=O)N1)NC)NC)NC. The molecule has 3 rings (SSSR count). The van der Waals surface area contributed by atoms with E-state index in [4.69, 9.17) is 0 Å². The molecule has 1 aliphatic heterocycles. The Balaban J connectivity index is 1.64. The predicted octanol–water partition coefficient (Wildman–Crippen LogP) is -1.64. The van der Waals surface area contributed by atoms with Gasteiger partial charge in [0.05, 0.1) is 24.2 Å². The average Bonchev–Trinajstić information content (AvgIpc) is 3.26. The van der Waals surface area contributed by atoms with Crippen molar-refractivity contribution in [1.82, 2.24) is 58.5 Å². The van der Waals surface area contributed by atoms with E-state index < -0.39 is 48.0 Å². The van der Waals surface area contributed by atoms with Crippen LogP contribution in [0.4, 0.5) is 0 Å². The van der Waals surface area contributed by atoms with Crippen molar-refractivity contribution in [2.24, 2.45) is 0 Å². The van der Waals surface area contributed by atoms with E-state index in [2.05, 4.69) is 58.5 Å². The Morgan fingerprint density at radius 2 is 1.37 bits per heavy atom. The summed E-state index contributed by atoms with van der Waals surface area (Å²) in [5.74, 6) is -1.83. The summed E-state index contributed by atoms with van der Waals surface area (Å²) in [5, 5.41) is 54.3. The molecule has 0 spiro atoms. The fourth-order valence-electron chi connectivity index (χ4n) is 7.48. The van der Waals surface area contributed by atoms with Crippen LogP contribution >= 0.6 is 0 Å². The van der Waals surface area contributed by atoms with Gasteiger partial charge in [0.2, 0.25) is 29.5 Å². The maximum Gasteiger partial charge on any atom is 0.243 e. The lowest BCUT2D eigenvalue weighted by Crippen LogP contribution is -2.57. The zero-order chi connectivity index (χ0) is 45.4. The molecule has 2 aromatic carbocycles. The van der Waals surface area contributed by atoms with Crippen LogP contribution in [0.1, 0.15) is 56.1 Å². The fourth-order valence-corrected chi connectivity index (χ4v) is 7.48. The van der Waals surface area contributed by atoms with Gasteiger partial charge in [-0.05, 0) is 122 Å². The van der Waals surface area contributed by atoms with Crippen molar-refractivity contribution < 1.29 is 34.2 Å². The minimum atomic E-state index is -1.18. The van der Waals surface area contributed by atoms with Crippen LogP contribution in [0.5, 0.6) is 5.75 Å². The summed E-state index contributed by atoms with van der Waals surface area (Å²) in [4.78, 5) is 67.3. The van der Waals surface area contributed by atoms with Crippen molar-refractivity contribution in [3.63, 3.8) is 0 Å². The van der Waals surface area contributed by atoms with Crippen molar-refractivity contribution >= 4 is 29.5 Å². The van der Waals surface area contributed by atoms with Crippen LogP contribution in [0.3, 0.4) is 0 Å². The number of amides is 5. The molecule has 2 aromatic rings. The zero-order valence-electron chi connectivity index (χ0n) is 37.4. The van der Waals surface area contributed by atoms with Crippen molar-refractivity contribution in [2.45, 2.75) is 100 Å². The first-order valence-corrected chi connectivity index (χ1v) is 21.9. The van der Waals surface area contributed by atoms with E-state index in [0.29, 0.717) is 44.3 Å². The van der Waals surface area contributed by atoms with Gasteiger partial charge in [-0.2, -0.15) is 0 Å². The van der Waals surface area contributed by atoms with Gasteiger partial charge in [0.15, 0.2) is 0 Å². The number of carbonyl (C=O) groups is 5. The average molecular weight is 868 g/mol. The third-order valence-corrected chi connectivity index (χ3v) is 11.3. The molecular weight excluding hydrogens is 795 g/mol. The Morgan fingerprint density at radius 1 is 0.710 bits per heavy atom. The lowest BCUT2D eigenvalue weighted by atomic mass is 9.96. The molecule has 7 atom stereocenters. The summed E-state index contributed by atoms with van der Waals surface area (Å²) in [5.41, 5.74) is 2.94. The molecule has 62 heavy (non-hydrogen) atoms. The Morgan fingerprint density at radius 3 is 2.02 bits per heavy atom. The first-order chi connectivity index (χ1) is 29.9. The molecule has 346 valence electrons. The second-order valence-electron chi connectivity index (χ2n) is 15.9. The van der Waals surface area contributed by atoms with Crippen molar-refractivity contribution in [2.75, 3.05) is 75.0 Å².